The minimum atomic E-state index is -0.207. The molecule has 4 heteroatoms. The number of nitrogens with two attached hydrogens (primary N) is 1. The largest absolute Gasteiger partial charge is 0.463 e. The van der Waals surface area contributed by atoms with E-state index in [1.807, 2.05) is 6.92 Å². The molecule has 0 aromatic rings. The van der Waals surface area contributed by atoms with Gasteiger partial charge in [0.15, 0.2) is 0 Å². The molecule has 0 fully saturated rings. The second kappa shape index (κ2) is 8.48. The number of hydrogen-bond acceptors (Lipinski definition) is 4. The van der Waals surface area contributed by atoms with Crippen LogP contribution in [0.3, 0.4) is 0 Å². The van der Waals surface area contributed by atoms with Gasteiger partial charge in [0.25, 0.3) is 0 Å². The molecule has 1 atom stereocenters. The van der Waals surface area contributed by atoms with Gasteiger partial charge in [-0.15, -0.1) is 0 Å². The highest BCUT2D eigenvalue weighted by atomic mass is 16.6. The highest BCUT2D eigenvalue weighted by molar-refractivity contribution is 5.72. The fourth-order valence-electron chi connectivity index (χ4n) is 1.57. The molecule has 0 aliphatic rings. The molecular formula is C13H27NO3. The van der Waals surface area contributed by atoms with Gasteiger partial charge in [0.05, 0.1) is 12.5 Å². The molecule has 0 rings (SSSR count). The lowest BCUT2D eigenvalue weighted by Crippen LogP contribution is -2.30. The molecule has 0 aliphatic heterocycles. The van der Waals surface area contributed by atoms with Crippen molar-refractivity contribution in [3.63, 3.8) is 0 Å². The first-order valence-corrected chi connectivity index (χ1v) is 6.35. The van der Waals surface area contributed by atoms with Crippen molar-refractivity contribution in [1.82, 2.24) is 0 Å². The lowest BCUT2D eigenvalue weighted by atomic mass is 9.85. The van der Waals surface area contributed by atoms with Gasteiger partial charge in [-0.1, -0.05) is 27.7 Å². The number of carbonyl (C=O) groups excluding carboxylic acids is 1. The van der Waals surface area contributed by atoms with Crippen LogP contribution < -0.4 is 5.73 Å². The van der Waals surface area contributed by atoms with E-state index in [-0.39, 0.29) is 17.3 Å². The van der Waals surface area contributed by atoms with Crippen LogP contribution in [-0.4, -0.2) is 32.3 Å². The summed E-state index contributed by atoms with van der Waals surface area (Å²) in [6.45, 7) is 10.1. The second-order valence-corrected chi connectivity index (χ2v) is 5.48. The quantitative estimate of drug-likeness (QED) is 0.524. The summed E-state index contributed by atoms with van der Waals surface area (Å²) in [6, 6.07) is 0. The first-order valence-electron chi connectivity index (χ1n) is 6.35. The summed E-state index contributed by atoms with van der Waals surface area (Å²) in [5.74, 6) is -0.413. The standard InChI is InChI=1S/C13H27NO3/c1-5-6-16-7-8-17-12(15)11(10-14)9-13(2,3)4/h11H,5-10,14H2,1-4H3. The van der Waals surface area contributed by atoms with Gasteiger partial charge in [-0.05, 0) is 18.3 Å². The predicted molar refractivity (Wildman–Crippen MR) is 68.7 cm³/mol. The van der Waals surface area contributed by atoms with Crippen LogP contribution in [0.15, 0.2) is 0 Å². The molecule has 0 aromatic heterocycles. The number of esters is 1. The summed E-state index contributed by atoms with van der Waals surface area (Å²) in [5, 5.41) is 0. The van der Waals surface area contributed by atoms with Crippen LogP contribution in [0.4, 0.5) is 0 Å². The molecule has 0 amide bonds. The molecule has 0 heterocycles. The Morgan fingerprint density at radius 3 is 2.35 bits per heavy atom. The van der Waals surface area contributed by atoms with Crippen molar-refractivity contribution in [1.29, 1.82) is 0 Å². The lowest BCUT2D eigenvalue weighted by molar-refractivity contribution is -0.150. The van der Waals surface area contributed by atoms with Crippen LogP contribution in [0, 0.1) is 11.3 Å². The Labute approximate surface area is 105 Å². The molecule has 0 saturated carbocycles. The maximum atomic E-state index is 11.7. The molecule has 0 aliphatic carbocycles. The summed E-state index contributed by atoms with van der Waals surface area (Å²) in [4.78, 5) is 11.7. The molecule has 4 nitrogen and oxygen atoms in total. The summed E-state index contributed by atoms with van der Waals surface area (Å²) in [7, 11) is 0. The van der Waals surface area contributed by atoms with Gasteiger partial charge < -0.3 is 15.2 Å². The molecule has 0 aromatic carbocycles. The molecule has 0 radical (unpaired) electrons. The summed E-state index contributed by atoms with van der Waals surface area (Å²) in [6.07, 6.45) is 1.72. The van der Waals surface area contributed by atoms with Crippen molar-refractivity contribution in [3.05, 3.63) is 0 Å². The highest BCUT2D eigenvalue weighted by Crippen LogP contribution is 2.24. The van der Waals surface area contributed by atoms with E-state index in [4.69, 9.17) is 15.2 Å². The Morgan fingerprint density at radius 2 is 1.88 bits per heavy atom. The smallest absolute Gasteiger partial charge is 0.310 e. The van der Waals surface area contributed by atoms with Gasteiger partial charge >= 0.3 is 5.97 Å². The van der Waals surface area contributed by atoms with Crippen molar-refractivity contribution in [3.8, 4) is 0 Å². The lowest BCUT2D eigenvalue weighted by Gasteiger charge is -2.23. The van der Waals surface area contributed by atoms with Crippen LogP contribution >= 0.6 is 0 Å². The van der Waals surface area contributed by atoms with E-state index in [0.717, 1.165) is 12.8 Å². The van der Waals surface area contributed by atoms with Crippen molar-refractivity contribution in [2.75, 3.05) is 26.4 Å². The predicted octanol–water partition coefficient (Wildman–Crippen LogP) is 1.97. The minimum Gasteiger partial charge on any atom is -0.463 e. The SMILES string of the molecule is CCCOCCOC(=O)C(CN)CC(C)(C)C. The van der Waals surface area contributed by atoms with E-state index in [2.05, 4.69) is 20.8 Å². The molecule has 102 valence electrons. The van der Waals surface area contributed by atoms with Gasteiger partial charge in [-0.2, -0.15) is 0 Å². The topological polar surface area (TPSA) is 61.5 Å². The zero-order valence-corrected chi connectivity index (χ0v) is 11.6. The van der Waals surface area contributed by atoms with Crippen LogP contribution in [-0.2, 0) is 14.3 Å². The molecule has 0 bridgehead atoms. The Morgan fingerprint density at radius 1 is 1.24 bits per heavy atom. The van der Waals surface area contributed by atoms with Crippen LogP contribution in [0.1, 0.15) is 40.5 Å². The fourth-order valence-corrected chi connectivity index (χ4v) is 1.57. The van der Waals surface area contributed by atoms with Gasteiger partial charge in [-0.3, -0.25) is 4.79 Å². The third-order valence-electron chi connectivity index (χ3n) is 2.30. The second-order valence-electron chi connectivity index (χ2n) is 5.48. The van der Waals surface area contributed by atoms with Crippen LogP contribution in [0.5, 0.6) is 0 Å². The average Bonchev–Trinajstić information content (AvgIpc) is 2.24. The third-order valence-corrected chi connectivity index (χ3v) is 2.30. The van der Waals surface area contributed by atoms with E-state index in [9.17, 15) is 4.79 Å². The third kappa shape index (κ3) is 9.12. The Balaban J connectivity index is 3.85. The zero-order chi connectivity index (χ0) is 13.3. The van der Waals surface area contributed by atoms with Crippen molar-refractivity contribution < 1.29 is 14.3 Å². The Bertz CT molecular complexity index is 211. The van der Waals surface area contributed by atoms with E-state index in [1.165, 1.54) is 0 Å². The van der Waals surface area contributed by atoms with Gasteiger partial charge in [0, 0.05) is 13.2 Å². The summed E-state index contributed by atoms with van der Waals surface area (Å²) >= 11 is 0. The van der Waals surface area contributed by atoms with Crippen LogP contribution in [0.2, 0.25) is 0 Å². The zero-order valence-electron chi connectivity index (χ0n) is 11.6. The molecule has 17 heavy (non-hydrogen) atoms. The van der Waals surface area contributed by atoms with Crippen LogP contribution in [0.25, 0.3) is 0 Å². The van der Waals surface area contributed by atoms with E-state index in [0.29, 0.717) is 26.4 Å². The van der Waals surface area contributed by atoms with Gasteiger partial charge in [0.1, 0.15) is 6.61 Å². The highest BCUT2D eigenvalue weighted by Gasteiger charge is 2.24. The molecule has 0 spiro atoms. The molecule has 0 saturated heterocycles. The van der Waals surface area contributed by atoms with E-state index in [1.54, 1.807) is 0 Å². The number of carbonyl (C=O) groups is 1. The maximum absolute atomic E-state index is 11.7. The summed E-state index contributed by atoms with van der Waals surface area (Å²) < 4.78 is 10.4. The van der Waals surface area contributed by atoms with Gasteiger partial charge in [0.2, 0.25) is 0 Å². The molecule has 1 unspecified atom stereocenters. The Kier molecular flexibility index (Phi) is 8.17. The molecule has 2 N–H and O–H groups in total. The van der Waals surface area contributed by atoms with Crippen molar-refractivity contribution in [2.45, 2.75) is 40.5 Å². The Hall–Kier alpha value is -0.610. The first-order chi connectivity index (χ1) is 7.90. The number of hydrogen-bond donors (Lipinski definition) is 1. The summed E-state index contributed by atoms with van der Waals surface area (Å²) in [5.41, 5.74) is 5.69. The van der Waals surface area contributed by atoms with E-state index >= 15 is 0 Å². The normalized spacial score (nSPS) is 13.5. The first kappa shape index (κ1) is 16.4. The monoisotopic (exact) mass is 245 g/mol. The number of rotatable bonds is 8. The molecular weight excluding hydrogens is 218 g/mol. The maximum Gasteiger partial charge on any atom is 0.310 e. The number of ether oxygens (including phenoxy) is 2. The van der Waals surface area contributed by atoms with Crippen molar-refractivity contribution in [2.24, 2.45) is 17.1 Å². The fraction of sp³-hybridized carbons (Fsp3) is 0.923. The van der Waals surface area contributed by atoms with Gasteiger partial charge in [-0.25, -0.2) is 0 Å². The minimum absolute atomic E-state index is 0.0851. The van der Waals surface area contributed by atoms with E-state index < -0.39 is 0 Å². The average molecular weight is 245 g/mol. The van der Waals surface area contributed by atoms with Crippen molar-refractivity contribution >= 4 is 5.97 Å².